The standard InChI is InChI=1S/C15H14BrN3/c1-9-5-3-4-6-11(9)14-15(17)19-10(2)12(16)7-8-13(19)18-14/h3-8H,17H2,1-2H3. The molecule has 0 radical (unpaired) electrons. The van der Waals surface area contributed by atoms with Crippen molar-refractivity contribution in [3.63, 3.8) is 0 Å². The van der Waals surface area contributed by atoms with E-state index in [1.165, 1.54) is 5.56 Å². The summed E-state index contributed by atoms with van der Waals surface area (Å²) >= 11 is 3.53. The van der Waals surface area contributed by atoms with E-state index in [4.69, 9.17) is 5.73 Å². The minimum atomic E-state index is 0.683. The summed E-state index contributed by atoms with van der Waals surface area (Å²) in [5.74, 6) is 0.683. The Morgan fingerprint density at radius 1 is 1.11 bits per heavy atom. The maximum Gasteiger partial charge on any atom is 0.139 e. The van der Waals surface area contributed by atoms with Gasteiger partial charge in [0.25, 0.3) is 0 Å². The number of benzene rings is 1. The summed E-state index contributed by atoms with van der Waals surface area (Å²) in [4.78, 5) is 4.66. The van der Waals surface area contributed by atoms with Gasteiger partial charge in [-0.15, -0.1) is 0 Å². The van der Waals surface area contributed by atoms with Gasteiger partial charge in [-0.2, -0.15) is 0 Å². The molecule has 0 saturated carbocycles. The molecule has 0 aliphatic heterocycles. The molecule has 19 heavy (non-hydrogen) atoms. The van der Waals surface area contributed by atoms with Gasteiger partial charge in [-0.1, -0.05) is 24.3 Å². The predicted molar refractivity (Wildman–Crippen MR) is 82.2 cm³/mol. The van der Waals surface area contributed by atoms with Crippen LogP contribution < -0.4 is 5.73 Å². The summed E-state index contributed by atoms with van der Waals surface area (Å²) in [6.45, 7) is 4.10. The van der Waals surface area contributed by atoms with Crippen LogP contribution in [0.15, 0.2) is 40.9 Å². The van der Waals surface area contributed by atoms with E-state index < -0.39 is 0 Å². The van der Waals surface area contributed by atoms with Crippen LogP contribution in [0.5, 0.6) is 0 Å². The maximum atomic E-state index is 6.29. The predicted octanol–water partition coefficient (Wildman–Crippen LogP) is 3.96. The molecule has 3 nitrogen and oxygen atoms in total. The van der Waals surface area contributed by atoms with Crippen molar-refractivity contribution in [2.45, 2.75) is 13.8 Å². The van der Waals surface area contributed by atoms with Gasteiger partial charge in [-0.3, -0.25) is 4.40 Å². The van der Waals surface area contributed by atoms with Crippen molar-refractivity contribution >= 4 is 27.4 Å². The number of hydrogen-bond acceptors (Lipinski definition) is 2. The van der Waals surface area contributed by atoms with Crippen LogP contribution in [0.25, 0.3) is 16.9 Å². The van der Waals surface area contributed by atoms with Gasteiger partial charge >= 0.3 is 0 Å². The number of aromatic nitrogens is 2. The number of pyridine rings is 1. The average molecular weight is 316 g/mol. The first-order valence-electron chi connectivity index (χ1n) is 6.08. The fourth-order valence-electron chi connectivity index (χ4n) is 2.33. The number of fused-ring (bicyclic) bond motifs is 1. The quantitative estimate of drug-likeness (QED) is 0.738. The lowest BCUT2D eigenvalue weighted by Crippen LogP contribution is -1.98. The molecule has 0 fully saturated rings. The van der Waals surface area contributed by atoms with Crippen LogP contribution in [-0.4, -0.2) is 9.38 Å². The third-order valence-electron chi connectivity index (χ3n) is 3.40. The highest BCUT2D eigenvalue weighted by molar-refractivity contribution is 9.10. The number of nitrogens with zero attached hydrogens (tertiary/aromatic N) is 2. The molecule has 0 saturated heterocycles. The van der Waals surface area contributed by atoms with Crippen molar-refractivity contribution in [2.75, 3.05) is 5.73 Å². The van der Waals surface area contributed by atoms with Crippen molar-refractivity contribution in [1.82, 2.24) is 9.38 Å². The topological polar surface area (TPSA) is 43.3 Å². The second-order valence-corrected chi connectivity index (χ2v) is 5.48. The molecule has 0 amide bonds. The highest BCUT2D eigenvalue weighted by atomic mass is 79.9. The summed E-state index contributed by atoms with van der Waals surface area (Å²) in [5.41, 5.74) is 11.3. The Bertz CT molecular complexity index is 774. The van der Waals surface area contributed by atoms with Gasteiger partial charge in [-0.05, 0) is 47.5 Å². The zero-order valence-corrected chi connectivity index (χ0v) is 12.4. The van der Waals surface area contributed by atoms with Crippen molar-refractivity contribution < 1.29 is 0 Å². The second kappa shape index (κ2) is 4.38. The number of rotatable bonds is 1. The third kappa shape index (κ3) is 1.83. The van der Waals surface area contributed by atoms with Gasteiger partial charge in [0.05, 0.1) is 0 Å². The molecule has 2 N–H and O–H groups in total. The minimum Gasteiger partial charge on any atom is -0.383 e. The van der Waals surface area contributed by atoms with Crippen LogP contribution in [0.3, 0.4) is 0 Å². The lowest BCUT2D eigenvalue weighted by molar-refractivity contribution is 1.09. The number of nitrogens with two attached hydrogens (primary N) is 1. The van der Waals surface area contributed by atoms with Gasteiger partial charge in [-0.25, -0.2) is 4.98 Å². The zero-order valence-electron chi connectivity index (χ0n) is 10.8. The van der Waals surface area contributed by atoms with Gasteiger partial charge < -0.3 is 5.73 Å². The van der Waals surface area contributed by atoms with Gasteiger partial charge in [0, 0.05) is 15.7 Å². The zero-order chi connectivity index (χ0) is 13.6. The number of anilines is 1. The Morgan fingerprint density at radius 3 is 2.58 bits per heavy atom. The number of halogens is 1. The molecule has 96 valence electrons. The molecule has 3 aromatic rings. The second-order valence-electron chi connectivity index (χ2n) is 4.62. The van der Waals surface area contributed by atoms with E-state index in [1.54, 1.807) is 0 Å². The Morgan fingerprint density at radius 2 is 1.84 bits per heavy atom. The van der Waals surface area contributed by atoms with Crippen LogP contribution >= 0.6 is 15.9 Å². The monoisotopic (exact) mass is 315 g/mol. The highest BCUT2D eigenvalue weighted by Gasteiger charge is 2.14. The van der Waals surface area contributed by atoms with Gasteiger partial charge in [0.15, 0.2) is 0 Å². The van der Waals surface area contributed by atoms with Crippen molar-refractivity contribution in [1.29, 1.82) is 0 Å². The SMILES string of the molecule is Cc1ccccc1-c1nc2ccc(Br)c(C)n2c1N. The molecule has 3 rings (SSSR count). The Balaban J connectivity index is 2.36. The molecule has 2 aromatic heterocycles. The molecular formula is C15H14BrN3. The lowest BCUT2D eigenvalue weighted by atomic mass is 10.1. The van der Waals surface area contributed by atoms with E-state index in [0.717, 1.165) is 27.1 Å². The first-order valence-corrected chi connectivity index (χ1v) is 6.88. The third-order valence-corrected chi connectivity index (χ3v) is 4.24. The summed E-state index contributed by atoms with van der Waals surface area (Å²) in [6.07, 6.45) is 0. The molecular weight excluding hydrogens is 302 g/mol. The molecule has 0 unspecified atom stereocenters. The van der Waals surface area contributed by atoms with Crippen LogP contribution in [0.2, 0.25) is 0 Å². The van der Waals surface area contributed by atoms with E-state index in [0.29, 0.717) is 5.82 Å². The van der Waals surface area contributed by atoms with Crippen LogP contribution in [0.4, 0.5) is 5.82 Å². The molecule has 0 aliphatic rings. The molecule has 0 bridgehead atoms. The minimum absolute atomic E-state index is 0.683. The first-order chi connectivity index (χ1) is 9.09. The summed E-state index contributed by atoms with van der Waals surface area (Å²) in [5, 5.41) is 0. The fraction of sp³-hybridized carbons (Fsp3) is 0.133. The van der Waals surface area contributed by atoms with Crippen molar-refractivity contribution in [3.8, 4) is 11.3 Å². The number of aryl methyl sites for hydroxylation is 2. The smallest absolute Gasteiger partial charge is 0.139 e. The normalized spacial score (nSPS) is 11.1. The van der Waals surface area contributed by atoms with E-state index >= 15 is 0 Å². The van der Waals surface area contributed by atoms with Crippen LogP contribution in [0, 0.1) is 13.8 Å². The molecule has 4 heteroatoms. The van der Waals surface area contributed by atoms with E-state index in [-0.39, 0.29) is 0 Å². The molecule has 0 aliphatic carbocycles. The average Bonchev–Trinajstić information content (AvgIpc) is 2.73. The number of imidazole rings is 1. The Labute approximate surface area is 120 Å². The highest BCUT2D eigenvalue weighted by Crippen LogP contribution is 2.31. The van der Waals surface area contributed by atoms with Crippen LogP contribution in [0.1, 0.15) is 11.3 Å². The Hall–Kier alpha value is -1.81. The van der Waals surface area contributed by atoms with Gasteiger partial charge in [0.2, 0.25) is 0 Å². The maximum absolute atomic E-state index is 6.29. The van der Waals surface area contributed by atoms with E-state index in [9.17, 15) is 0 Å². The molecule has 0 atom stereocenters. The fourth-order valence-corrected chi connectivity index (χ4v) is 2.64. The molecule has 1 aromatic carbocycles. The molecule has 0 spiro atoms. The van der Waals surface area contributed by atoms with Crippen molar-refractivity contribution in [3.05, 3.63) is 52.1 Å². The van der Waals surface area contributed by atoms with E-state index in [1.807, 2.05) is 35.6 Å². The molecule has 2 heterocycles. The first kappa shape index (κ1) is 12.2. The summed E-state index contributed by atoms with van der Waals surface area (Å²) in [7, 11) is 0. The number of nitrogen functional groups attached to an aromatic ring is 1. The van der Waals surface area contributed by atoms with Crippen LogP contribution in [-0.2, 0) is 0 Å². The number of hydrogen-bond donors (Lipinski definition) is 1. The largest absolute Gasteiger partial charge is 0.383 e. The van der Waals surface area contributed by atoms with E-state index in [2.05, 4.69) is 40.0 Å². The summed E-state index contributed by atoms with van der Waals surface area (Å²) < 4.78 is 3.01. The van der Waals surface area contributed by atoms with Gasteiger partial charge in [0.1, 0.15) is 17.2 Å². The Kier molecular flexibility index (Phi) is 2.82. The van der Waals surface area contributed by atoms with Crippen molar-refractivity contribution in [2.24, 2.45) is 0 Å². The summed E-state index contributed by atoms with van der Waals surface area (Å²) in [6, 6.07) is 12.1. The lowest BCUT2D eigenvalue weighted by Gasteiger charge is -2.05.